The summed E-state index contributed by atoms with van der Waals surface area (Å²) in [4.78, 5) is 0. The third-order valence-electron chi connectivity index (χ3n) is 2.80. The third-order valence-corrected chi connectivity index (χ3v) is 2.80. The van der Waals surface area contributed by atoms with Gasteiger partial charge in [0.2, 0.25) is 0 Å². The SMILES string of the molecule is COc1cc(-c2ccc(N)c(OC)c2)ccc1N.Cl.Cl. The van der Waals surface area contributed by atoms with Crippen LogP contribution in [0.4, 0.5) is 11.4 Å². The highest BCUT2D eigenvalue weighted by molar-refractivity contribution is 5.85. The fourth-order valence-electron chi connectivity index (χ4n) is 1.78. The maximum atomic E-state index is 5.79. The minimum Gasteiger partial charge on any atom is -0.495 e. The fourth-order valence-corrected chi connectivity index (χ4v) is 1.78. The van der Waals surface area contributed by atoms with Crippen molar-refractivity contribution < 1.29 is 9.47 Å². The molecule has 0 unspecified atom stereocenters. The van der Waals surface area contributed by atoms with Gasteiger partial charge < -0.3 is 20.9 Å². The van der Waals surface area contributed by atoms with Crippen LogP contribution in [-0.4, -0.2) is 14.2 Å². The average Bonchev–Trinajstić information content (AvgIpc) is 2.40. The number of halogens is 2. The van der Waals surface area contributed by atoms with E-state index in [4.69, 9.17) is 20.9 Å². The molecule has 0 aliphatic rings. The normalized spacial score (nSPS) is 9.10. The van der Waals surface area contributed by atoms with Gasteiger partial charge in [-0.1, -0.05) is 12.1 Å². The Hall–Kier alpha value is -1.78. The Morgan fingerprint density at radius 2 is 1.05 bits per heavy atom. The summed E-state index contributed by atoms with van der Waals surface area (Å²) in [6.07, 6.45) is 0. The summed E-state index contributed by atoms with van der Waals surface area (Å²) in [7, 11) is 3.19. The van der Waals surface area contributed by atoms with Gasteiger partial charge in [0.15, 0.2) is 0 Å². The smallest absolute Gasteiger partial charge is 0.142 e. The van der Waals surface area contributed by atoms with E-state index < -0.39 is 0 Å². The van der Waals surface area contributed by atoms with Crippen LogP contribution in [0.1, 0.15) is 0 Å². The number of methoxy groups -OCH3 is 2. The number of hydrogen-bond donors (Lipinski definition) is 2. The minimum absolute atomic E-state index is 0. The Labute approximate surface area is 130 Å². The predicted molar refractivity (Wildman–Crippen MR) is 88.3 cm³/mol. The van der Waals surface area contributed by atoms with E-state index in [2.05, 4.69) is 0 Å². The highest BCUT2D eigenvalue weighted by atomic mass is 35.5. The number of benzene rings is 2. The molecule has 0 fully saturated rings. The molecule has 0 atom stereocenters. The van der Waals surface area contributed by atoms with Crippen LogP contribution in [0.5, 0.6) is 11.5 Å². The average molecular weight is 317 g/mol. The van der Waals surface area contributed by atoms with E-state index in [1.165, 1.54) is 0 Å². The van der Waals surface area contributed by atoms with Crippen molar-refractivity contribution in [3.8, 4) is 22.6 Å². The van der Waals surface area contributed by atoms with E-state index in [1.807, 2.05) is 36.4 Å². The molecule has 110 valence electrons. The van der Waals surface area contributed by atoms with Gasteiger partial charge in [0, 0.05) is 0 Å². The molecule has 0 aliphatic carbocycles. The molecule has 0 bridgehead atoms. The number of rotatable bonds is 3. The predicted octanol–water partition coefficient (Wildman–Crippen LogP) is 3.38. The van der Waals surface area contributed by atoms with E-state index in [-0.39, 0.29) is 24.8 Å². The zero-order valence-electron chi connectivity index (χ0n) is 11.3. The maximum absolute atomic E-state index is 5.79. The first kappa shape index (κ1) is 18.2. The van der Waals surface area contributed by atoms with Crippen LogP contribution in [-0.2, 0) is 0 Å². The Morgan fingerprint density at radius 3 is 1.35 bits per heavy atom. The number of anilines is 2. The van der Waals surface area contributed by atoms with Crippen LogP contribution in [0.3, 0.4) is 0 Å². The van der Waals surface area contributed by atoms with Gasteiger partial charge in [-0.25, -0.2) is 0 Å². The Bertz CT molecular complexity index is 526. The first-order valence-corrected chi connectivity index (χ1v) is 5.53. The summed E-state index contributed by atoms with van der Waals surface area (Å²) >= 11 is 0. The van der Waals surface area contributed by atoms with Crippen molar-refractivity contribution in [2.45, 2.75) is 0 Å². The van der Waals surface area contributed by atoms with E-state index in [0.717, 1.165) is 11.1 Å². The monoisotopic (exact) mass is 316 g/mol. The number of nitrogen functional groups attached to an aromatic ring is 2. The van der Waals surface area contributed by atoms with Gasteiger partial charge in [0.05, 0.1) is 25.6 Å². The Kier molecular flexibility index (Phi) is 7.04. The molecule has 0 saturated carbocycles. The molecule has 6 heteroatoms. The Balaban J connectivity index is 0.00000180. The zero-order chi connectivity index (χ0) is 13.1. The molecule has 0 saturated heterocycles. The number of ether oxygens (including phenoxy) is 2. The van der Waals surface area contributed by atoms with E-state index in [1.54, 1.807) is 14.2 Å². The summed E-state index contributed by atoms with van der Waals surface area (Å²) in [6.45, 7) is 0. The third kappa shape index (κ3) is 3.62. The van der Waals surface area contributed by atoms with Gasteiger partial charge in [-0.2, -0.15) is 0 Å². The fraction of sp³-hybridized carbons (Fsp3) is 0.143. The second-order valence-electron chi connectivity index (χ2n) is 3.91. The topological polar surface area (TPSA) is 70.5 Å². The summed E-state index contributed by atoms with van der Waals surface area (Å²) in [5.41, 5.74) is 14.8. The second-order valence-corrected chi connectivity index (χ2v) is 3.91. The van der Waals surface area contributed by atoms with Crippen LogP contribution in [0, 0.1) is 0 Å². The van der Waals surface area contributed by atoms with Crippen LogP contribution >= 0.6 is 24.8 Å². The van der Waals surface area contributed by atoms with Gasteiger partial charge >= 0.3 is 0 Å². The number of hydrogen-bond acceptors (Lipinski definition) is 4. The molecule has 0 aliphatic heterocycles. The quantitative estimate of drug-likeness (QED) is 0.852. The van der Waals surface area contributed by atoms with E-state index in [0.29, 0.717) is 22.9 Å². The van der Waals surface area contributed by atoms with Crippen molar-refractivity contribution in [1.82, 2.24) is 0 Å². The molecule has 4 N–H and O–H groups in total. The molecule has 0 spiro atoms. The van der Waals surface area contributed by atoms with Gasteiger partial charge in [-0.3, -0.25) is 0 Å². The summed E-state index contributed by atoms with van der Waals surface area (Å²) in [5, 5.41) is 0. The molecule has 0 aromatic heterocycles. The molecular formula is C14H18Cl2N2O2. The van der Waals surface area contributed by atoms with Crippen LogP contribution in [0.25, 0.3) is 11.1 Å². The van der Waals surface area contributed by atoms with Gasteiger partial charge in [0.1, 0.15) is 11.5 Å². The molecule has 0 radical (unpaired) electrons. The van der Waals surface area contributed by atoms with Crippen LogP contribution in [0.15, 0.2) is 36.4 Å². The Morgan fingerprint density at radius 1 is 0.700 bits per heavy atom. The van der Waals surface area contributed by atoms with E-state index >= 15 is 0 Å². The van der Waals surface area contributed by atoms with Gasteiger partial charge in [-0.05, 0) is 35.4 Å². The maximum Gasteiger partial charge on any atom is 0.142 e. The lowest BCUT2D eigenvalue weighted by atomic mass is 10.0. The van der Waals surface area contributed by atoms with Crippen molar-refractivity contribution >= 4 is 36.2 Å². The molecule has 20 heavy (non-hydrogen) atoms. The lowest BCUT2D eigenvalue weighted by molar-refractivity contribution is 0.416. The van der Waals surface area contributed by atoms with Crippen molar-refractivity contribution in [1.29, 1.82) is 0 Å². The van der Waals surface area contributed by atoms with E-state index in [9.17, 15) is 0 Å². The molecule has 4 nitrogen and oxygen atoms in total. The summed E-state index contributed by atoms with van der Waals surface area (Å²) < 4.78 is 10.4. The van der Waals surface area contributed by atoms with Gasteiger partial charge in [-0.15, -0.1) is 24.8 Å². The standard InChI is InChI=1S/C14H16N2O2.2ClH/c1-17-13-7-9(3-5-11(13)15)10-4-6-12(16)14(8-10)18-2;;/h3-8H,15-16H2,1-2H3;2*1H. The molecule has 2 aromatic rings. The van der Waals surface area contributed by atoms with Crippen molar-refractivity contribution in [3.05, 3.63) is 36.4 Å². The largest absolute Gasteiger partial charge is 0.495 e. The summed E-state index contributed by atoms with van der Waals surface area (Å²) in [6, 6.07) is 11.3. The first-order valence-electron chi connectivity index (χ1n) is 5.53. The van der Waals surface area contributed by atoms with Crippen LogP contribution < -0.4 is 20.9 Å². The van der Waals surface area contributed by atoms with Crippen molar-refractivity contribution in [3.63, 3.8) is 0 Å². The van der Waals surface area contributed by atoms with Crippen molar-refractivity contribution in [2.24, 2.45) is 0 Å². The number of nitrogens with two attached hydrogens (primary N) is 2. The second kappa shape index (κ2) is 7.72. The lowest BCUT2D eigenvalue weighted by Crippen LogP contribution is -1.94. The molecule has 0 amide bonds. The minimum atomic E-state index is 0. The highest BCUT2D eigenvalue weighted by Gasteiger charge is 2.06. The first-order chi connectivity index (χ1) is 8.65. The molecule has 2 rings (SSSR count). The summed E-state index contributed by atoms with van der Waals surface area (Å²) in [5.74, 6) is 1.31. The lowest BCUT2D eigenvalue weighted by Gasteiger charge is -2.10. The van der Waals surface area contributed by atoms with Crippen molar-refractivity contribution in [2.75, 3.05) is 25.7 Å². The highest BCUT2D eigenvalue weighted by Crippen LogP contribution is 2.32. The zero-order valence-corrected chi connectivity index (χ0v) is 12.9. The van der Waals surface area contributed by atoms with Gasteiger partial charge in [0.25, 0.3) is 0 Å². The molecular weight excluding hydrogens is 299 g/mol. The molecule has 2 aromatic carbocycles. The van der Waals surface area contributed by atoms with Crippen LogP contribution in [0.2, 0.25) is 0 Å². The molecule has 0 heterocycles.